The maximum atomic E-state index is 13.7. The van der Waals surface area contributed by atoms with E-state index >= 15 is 0 Å². The molecule has 0 fully saturated rings. The average Bonchev–Trinajstić information content (AvgIpc) is 2.61. The minimum absolute atomic E-state index is 0.0310. The summed E-state index contributed by atoms with van der Waals surface area (Å²) in [6.45, 7) is -0.205. The van der Waals surface area contributed by atoms with Gasteiger partial charge in [-0.15, -0.1) is 6.42 Å². The Morgan fingerprint density at radius 1 is 1.19 bits per heavy atom. The fourth-order valence-corrected chi connectivity index (χ4v) is 3.13. The third-order valence-electron chi connectivity index (χ3n) is 3.55. The first-order chi connectivity index (χ1) is 12.2. The van der Waals surface area contributed by atoms with E-state index in [1.165, 1.54) is 42.3 Å². The molecule has 0 unspecified atom stereocenters. The summed E-state index contributed by atoms with van der Waals surface area (Å²) < 4.78 is 52.7. The smallest absolute Gasteiger partial charge is 0.253 e. The minimum atomic E-state index is -3.75. The van der Waals surface area contributed by atoms with E-state index in [4.69, 9.17) is 6.42 Å². The molecule has 0 radical (unpaired) electrons. The highest BCUT2D eigenvalue weighted by Crippen LogP contribution is 2.15. The number of rotatable bonds is 6. The van der Waals surface area contributed by atoms with Gasteiger partial charge < -0.3 is 4.90 Å². The van der Waals surface area contributed by atoms with Crippen LogP contribution in [0.15, 0.2) is 47.4 Å². The molecule has 0 aromatic heterocycles. The molecular weight excluding hydrogens is 362 g/mol. The molecule has 8 heteroatoms. The van der Waals surface area contributed by atoms with Crippen molar-refractivity contribution in [2.24, 2.45) is 0 Å². The van der Waals surface area contributed by atoms with Crippen molar-refractivity contribution < 1.29 is 22.0 Å². The van der Waals surface area contributed by atoms with Gasteiger partial charge in [-0.3, -0.25) is 4.79 Å². The van der Waals surface area contributed by atoms with Gasteiger partial charge >= 0.3 is 0 Å². The molecule has 26 heavy (non-hydrogen) atoms. The lowest BCUT2D eigenvalue weighted by atomic mass is 10.1. The summed E-state index contributed by atoms with van der Waals surface area (Å²) in [5.41, 5.74) is 0.394. The zero-order chi connectivity index (χ0) is 19.3. The SMILES string of the molecule is C#CCNS(=O)(=O)c1ccc(C(=O)N(C)Cc2ccc(F)cc2F)cc1. The molecule has 1 amide bonds. The number of sulfonamides is 1. The van der Waals surface area contributed by atoms with E-state index in [2.05, 4.69) is 10.6 Å². The topological polar surface area (TPSA) is 66.5 Å². The highest BCUT2D eigenvalue weighted by Gasteiger charge is 2.17. The maximum Gasteiger partial charge on any atom is 0.253 e. The van der Waals surface area contributed by atoms with Gasteiger partial charge in [0.15, 0.2) is 0 Å². The summed E-state index contributed by atoms with van der Waals surface area (Å²) in [7, 11) is -2.28. The van der Waals surface area contributed by atoms with Crippen LogP contribution in [0.5, 0.6) is 0 Å². The Balaban J connectivity index is 2.13. The van der Waals surface area contributed by atoms with E-state index in [0.717, 1.165) is 12.1 Å². The highest BCUT2D eigenvalue weighted by atomic mass is 32.2. The normalized spacial score (nSPS) is 11.0. The summed E-state index contributed by atoms with van der Waals surface area (Å²) in [5.74, 6) is 0.285. The number of nitrogens with one attached hydrogen (secondary N) is 1. The van der Waals surface area contributed by atoms with E-state index in [9.17, 15) is 22.0 Å². The van der Waals surface area contributed by atoms with Crippen molar-refractivity contribution in [2.75, 3.05) is 13.6 Å². The Morgan fingerprint density at radius 3 is 2.42 bits per heavy atom. The molecule has 0 spiro atoms. The number of hydrogen-bond acceptors (Lipinski definition) is 3. The number of nitrogens with zero attached hydrogens (tertiary/aromatic N) is 1. The van der Waals surface area contributed by atoms with Crippen LogP contribution in [0.1, 0.15) is 15.9 Å². The molecule has 2 aromatic rings. The van der Waals surface area contributed by atoms with E-state index in [0.29, 0.717) is 0 Å². The molecule has 0 aliphatic rings. The van der Waals surface area contributed by atoms with Crippen molar-refractivity contribution in [1.82, 2.24) is 9.62 Å². The van der Waals surface area contributed by atoms with Crippen LogP contribution in [0.25, 0.3) is 0 Å². The standard InChI is InChI=1S/C18H16F2N2O3S/c1-3-10-21-26(24,25)16-8-5-13(6-9-16)18(23)22(2)12-14-4-7-15(19)11-17(14)20/h1,4-9,11,21H,10,12H2,2H3. The number of halogens is 2. The molecule has 0 saturated heterocycles. The molecule has 2 aromatic carbocycles. The van der Waals surface area contributed by atoms with Gasteiger partial charge in [-0.05, 0) is 30.3 Å². The zero-order valence-corrected chi connectivity index (χ0v) is 14.7. The van der Waals surface area contributed by atoms with E-state index < -0.39 is 27.6 Å². The molecule has 0 aliphatic heterocycles. The number of terminal acetylenes is 1. The minimum Gasteiger partial charge on any atom is -0.337 e. The zero-order valence-electron chi connectivity index (χ0n) is 13.9. The Morgan fingerprint density at radius 2 is 1.85 bits per heavy atom. The lowest BCUT2D eigenvalue weighted by Gasteiger charge is -2.18. The fourth-order valence-electron chi connectivity index (χ4n) is 2.19. The first kappa shape index (κ1) is 19.6. The second-order valence-corrected chi connectivity index (χ2v) is 7.22. The summed E-state index contributed by atoms with van der Waals surface area (Å²) in [5, 5.41) is 0. The second-order valence-electron chi connectivity index (χ2n) is 5.45. The molecule has 1 N–H and O–H groups in total. The Bertz CT molecular complexity index is 951. The van der Waals surface area contributed by atoms with Crippen molar-refractivity contribution in [1.29, 1.82) is 0 Å². The second kappa shape index (κ2) is 8.08. The summed E-state index contributed by atoms with van der Waals surface area (Å²) in [4.78, 5) is 13.6. The fraction of sp³-hybridized carbons (Fsp3) is 0.167. The van der Waals surface area contributed by atoms with Gasteiger partial charge in [0.05, 0.1) is 11.4 Å². The van der Waals surface area contributed by atoms with Gasteiger partial charge in [0.25, 0.3) is 5.91 Å². The number of carbonyl (C=O) groups excluding carboxylic acids is 1. The van der Waals surface area contributed by atoms with Crippen molar-refractivity contribution in [3.63, 3.8) is 0 Å². The highest BCUT2D eigenvalue weighted by molar-refractivity contribution is 7.89. The summed E-state index contributed by atoms with van der Waals surface area (Å²) >= 11 is 0. The number of benzene rings is 2. The van der Waals surface area contributed by atoms with Gasteiger partial charge in [-0.2, -0.15) is 4.72 Å². The van der Waals surface area contributed by atoms with Crippen LogP contribution in [0, 0.1) is 24.0 Å². The van der Waals surface area contributed by atoms with Crippen LogP contribution in [0.4, 0.5) is 8.78 Å². The van der Waals surface area contributed by atoms with E-state index in [1.54, 1.807) is 0 Å². The maximum absolute atomic E-state index is 13.7. The van der Waals surface area contributed by atoms with Crippen molar-refractivity contribution in [3.05, 3.63) is 65.2 Å². The molecule has 0 aliphatic carbocycles. The molecule has 0 atom stereocenters. The predicted molar refractivity (Wildman–Crippen MR) is 92.6 cm³/mol. The van der Waals surface area contributed by atoms with Crippen LogP contribution in [0.2, 0.25) is 0 Å². The number of amides is 1. The monoisotopic (exact) mass is 378 g/mol. The molecule has 0 bridgehead atoms. The Labute approximate surface area is 150 Å². The Kier molecular flexibility index (Phi) is 6.08. The van der Waals surface area contributed by atoms with E-state index in [-0.39, 0.29) is 29.1 Å². The summed E-state index contributed by atoms with van der Waals surface area (Å²) in [6.07, 6.45) is 5.02. The predicted octanol–water partition coefficient (Wildman–Crippen LogP) is 2.15. The van der Waals surface area contributed by atoms with Gasteiger partial charge in [0, 0.05) is 30.8 Å². The third-order valence-corrected chi connectivity index (χ3v) is 4.96. The first-order valence-electron chi connectivity index (χ1n) is 7.47. The molecular formula is C18H16F2N2O3S. The van der Waals surface area contributed by atoms with Crippen LogP contribution in [-0.4, -0.2) is 32.8 Å². The average molecular weight is 378 g/mol. The van der Waals surface area contributed by atoms with Gasteiger partial charge in [0.1, 0.15) is 11.6 Å². The van der Waals surface area contributed by atoms with Gasteiger partial charge in [-0.25, -0.2) is 17.2 Å². The number of hydrogen-bond donors (Lipinski definition) is 1. The molecule has 0 heterocycles. The molecule has 5 nitrogen and oxygen atoms in total. The van der Waals surface area contributed by atoms with Crippen LogP contribution >= 0.6 is 0 Å². The number of carbonyl (C=O) groups is 1. The van der Waals surface area contributed by atoms with Crippen LogP contribution in [0.3, 0.4) is 0 Å². The van der Waals surface area contributed by atoms with Crippen LogP contribution in [-0.2, 0) is 16.6 Å². The van der Waals surface area contributed by atoms with Gasteiger partial charge in [0.2, 0.25) is 10.0 Å². The molecule has 0 saturated carbocycles. The third kappa shape index (κ3) is 4.65. The molecule has 2 rings (SSSR count). The van der Waals surface area contributed by atoms with Gasteiger partial charge in [-0.1, -0.05) is 12.0 Å². The summed E-state index contributed by atoms with van der Waals surface area (Å²) in [6, 6.07) is 8.38. The molecule has 136 valence electrons. The van der Waals surface area contributed by atoms with Crippen LogP contribution < -0.4 is 4.72 Å². The van der Waals surface area contributed by atoms with Crippen molar-refractivity contribution in [3.8, 4) is 12.3 Å². The lowest BCUT2D eigenvalue weighted by molar-refractivity contribution is 0.0783. The van der Waals surface area contributed by atoms with Crippen molar-refractivity contribution in [2.45, 2.75) is 11.4 Å². The Hall–Kier alpha value is -2.76. The largest absolute Gasteiger partial charge is 0.337 e. The lowest BCUT2D eigenvalue weighted by Crippen LogP contribution is -2.27. The quantitative estimate of drug-likeness (QED) is 0.784. The van der Waals surface area contributed by atoms with E-state index in [1.807, 2.05) is 0 Å². The first-order valence-corrected chi connectivity index (χ1v) is 8.95. The van der Waals surface area contributed by atoms with Crippen molar-refractivity contribution >= 4 is 15.9 Å².